The van der Waals surface area contributed by atoms with Gasteiger partial charge < -0.3 is 20.5 Å². The van der Waals surface area contributed by atoms with Crippen molar-refractivity contribution in [1.29, 1.82) is 0 Å². The second kappa shape index (κ2) is 9.64. The monoisotopic (exact) mass is 334 g/mol. The number of hydrogen-bond donors (Lipinski definition) is 2. The average Bonchev–Trinajstić information content (AvgIpc) is 3.10. The van der Waals surface area contributed by atoms with Gasteiger partial charge in [-0.3, -0.25) is 4.79 Å². The Morgan fingerprint density at radius 2 is 2.29 bits per heavy atom. The van der Waals surface area contributed by atoms with Crippen molar-refractivity contribution in [3.63, 3.8) is 0 Å². The van der Waals surface area contributed by atoms with E-state index in [2.05, 4.69) is 12.2 Å². The van der Waals surface area contributed by atoms with Gasteiger partial charge >= 0.3 is 0 Å². The molecule has 1 aliphatic rings. The van der Waals surface area contributed by atoms with Gasteiger partial charge in [0.05, 0.1) is 12.3 Å². The average molecular weight is 334 g/mol. The lowest BCUT2D eigenvalue weighted by Crippen LogP contribution is -2.27. The molecule has 1 aromatic carbocycles. The molecular formula is C19H30N2O3. The number of nitrogens with one attached hydrogen (secondary N) is 1. The Bertz CT molecular complexity index is 527. The van der Waals surface area contributed by atoms with Crippen LogP contribution in [0.3, 0.4) is 0 Å². The minimum Gasteiger partial charge on any atom is -0.492 e. The van der Waals surface area contributed by atoms with Gasteiger partial charge in [0.1, 0.15) is 11.9 Å². The molecular weight excluding hydrogens is 304 g/mol. The second-order valence-electron chi connectivity index (χ2n) is 6.36. The third-order valence-electron chi connectivity index (χ3n) is 4.25. The molecule has 24 heavy (non-hydrogen) atoms. The molecule has 1 aromatic rings. The molecule has 2 rings (SSSR count). The molecule has 0 spiro atoms. The van der Waals surface area contributed by atoms with Crippen LogP contribution in [-0.4, -0.2) is 31.3 Å². The quantitative estimate of drug-likeness (QED) is 0.727. The van der Waals surface area contributed by atoms with E-state index < -0.39 is 0 Å². The fourth-order valence-corrected chi connectivity index (χ4v) is 2.94. The SMILES string of the molecule is CCCCC(N)Cc1ccc(NC(=O)C2CCCO2)c(OCC)c1. The summed E-state index contributed by atoms with van der Waals surface area (Å²) < 4.78 is 11.1. The summed E-state index contributed by atoms with van der Waals surface area (Å²) >= 11 is 0. The lowest BCUT2D eigenvalue weighted by atomic mass is 10.0. The molecule has 0 aromatic heterocycles. The molecule has 2 atom stereocenters. The molecule has 5 nitrogen and oxygen atoms in total. The number of nitrogens with two attached hydrogens (primary N) is 1. The first kappa shape index (κ1) is 18.7. The number of unbranched alkanes of at least 4 members (excludes halogenated alkanes) is 1. The minimum absolute atomic E-state index is 0.0964. The third-order valence-corrected chi connectivity index (χ3v) is 4.25. The number of amides is 1. The number of anilines is 1. The molecule has 2 unspecified atom stereocenters. The van der Waals surface area contributed by atoms with Gasteiger partial charge in [-0.05, 0) is 50.3 Å². The molecule has 134 valence electrons. The Kier molecular flexibility index (Phi) is 7.53. The first-order chi connectivity index (χ1) is 11.6. The van der Waals surface area contributed by atoms with Crippen molar-refractivity contribution in [3.05, 3.63) is 23.8 Å². The molecule has 5 heteroatoms. The Morgan fingerprint density at radius 3 is 2.96 bits per heavy atom. The molecule has 1 amide bonds. The zero-order valence-electron chi connectivity index (χ0n) is 14.8. The first-order valence-corrected chi connectivity index (χ1v) is 9.07. The zero-order chi connectivity index (χ0) is 17.4. The van der Waals surface area contributed by atoms with E-state index in [0.717, 1.165) is 44.1 Å². The van der Waals surface area contributed by atoms with E-state index in [1.54, 1.807) is 0 Å². The molecule has 0 aliphatic carbocycles. The summed E-state index contributed by atoms with van der Waals surface area (Å²) in [4.78, 5) is 12.2. The Morgan fingerprint density at radius 1 is 1.46 bits per heavy atom. The van der Waals surface area contributed by atoms with Gasteiger partial charge in [-0.1, -0.05) is 25.8 Å². The predicted octanol–water partition coefficient (Wildman–Crippen LogP) is 3.26. The van der Waals surface area contributed by atoms with Crippen LogP contribution in [0.15, 0.2) is 18.2 Å². The molecule has 0 saturated carbocycles. The molecule has 0 bridgehead atoms. The Balaban J connectivity index is 2.03. The second-order valence-corrected chi connectivity index (χ2v) is 6.36. The normalized spacial score (nSPS) is 18.4. The maximum absolute atomic E-state index is 12.2. The van der Waals surface area contributed by atoms with Crippen molar-refractivity contribution in [2.24, 2.45) is 5.73 Å². The van der Waals surface area contributed by atoms with E-state index in [1.807, 2.05) is 25.1 Å². The fourth-order valence-electron chi connectivity index (χ4n) is 2.94. The van der Waals surface area contributed by atoms with Gasteiger partial charge in [0.15, 0.2) is 0 Å². The van der Waals surface area contributed by atoms with Crippen LogP contribution in [-0.2, 0) is 16.0 Å². The summed E-state index contributed by atoms with van der Waals surface area (Å²) in [5.41, 5.74) is 8.02. The van der Waals surface area contributed by atoms with E-state index in [0.29, 0.717) is 24.7 Å². The number of ether oxygens (including phenoxy) is 2. The van der Waals surface area contributed by atoms with E-state index in [1.165, 1.54) is 0 Å². The van der Waals surface area contributed by atoms with E-state index in [9.17, 15) is 4.79 Å². The van der Waals surface area contributed by atoms with Crippen molar-refractivity contribution >= 4 is 11.6 Å². The van der Waals surface area contributed by atoms with Gasteiger partial charge in [0, 0.05) is 12.6 Å². The molecule has 1 fully saturated rings. The summed E-state index contributed by atoms with van der Waals surface area (Å²) in [7, 11) is 0. The van der Waals surface area contributed by atoms with Crippen molar-refractivity contribution in [1.82, 2.24) is 0 Å². The lowest BCUT2D eigenvalue weighted by molar-refractivity contribution is -0.124. The predicted molar refractivity (Wildman–Crippen MR) is 96.4 cm³/mol. The molecule has 1 heterocycles. The number of hydrogen-bond acceptors (Lipinski definition) is 4. The van der Waals surface area contributed by atoms with Crippen molar-refractivity contribution < 1.29 is 14.3 Å². The van der Waals surface area contributed by atoms with E-state index in [-0.39, 0.29) is 18.1 Å². The molecule has 3 N–H and O–H groups in total. The van der Waals surface area contributed by atoms with Gasteiger partial charge in [-0.2, -0.15) is 0 Å². The number of rotatable bonds is 9. The number of carbonyl (C=O) groups is 1. The highest BCUT2D eigenvalue weighted by atomic mass is 16.5. The smallest absolute Gasteiger partial charge is 0.253 e. The van der Waals surface area contributed by atoms with Crippen LogP contribution in [0.2, 0.25) is 0 Å². The van der Waals surface area contributed by atoms with Gasteiger partial charge in [0.2, 0.25) is 0 Å². The molecule has 1 aliphatic heterocycles. The van der Waals surface area contributed by atoms with Crippen LogP contribution in [0.25, 0.3) is 0 Å². The summed E-state index contributed by atoms with van der Waals surface area (Å²) in [6.07, 6.45) is 5.52. The Hall–Kier alpha value is -1.59. The largest absolute Gasteiger partial charge is 0.492 e. The fraction of sp³-hybridized carbons (Fsp3) is 0.632. The van der Waals surface area contributed by atoms with Crippen LogP contribution >= 0.6 is 0 Å². The van der Waals surface area contributed by atoms with Gasteiger partial charge in [-0.15, -0.1) is 0 Å². The summed E-state index contributed by atoms with van der Waals surface area (Å²) in [6.45, 7) is 5.32. The van der Waals surface area contributed by atoms with Gasteiger partial charge in [-0.25, -0.2) is 0 Å². The van der Waals surface area contributed by atoms with Crippen molar-refractivity contribution in [2.75, 3.05) is 18.5 Å². The van der Waals surface area contributed by atoms with Crippen LogP contribution in [0.1, 0.15) is 51.5 Å². The first-order valence-electron chi connectivity index (χ1n) is 9.07. The Labute approximate surface area is 144 Å². The van der Waals surface area contributed by atoms with Crippen molar-refractivity contribution in [3.8, 4) is 5.75 Å². The number of carbonyl (C=O) groups excluding carboxylic acids is 1. The van der Waals surface area contributed by atoms with Crippen LogP contribution < -0.4 is 15.8 Å². The lowest BCUT2D eigenvalue weighted by Gasteiger charge is -2.17. The highest BCUT2D eigenvalue weighted by molar-refractivity contribution is 5.95. The molecule has 1 saturated heterocycles. The maximum atomic E-state index is 12.2. The van der Waals surface area contributed by atoms with E-state index >= 15 is 0 Å². The highest BCUT2D eigenvalue weighted by Crippen LogP contribution is 2.28. The van der Waals surface area contributed by atoms with Gasteiger partial charge in [0.25, 0.3) is 5.91 Å². The summed E-state index contributed by atoms with van der Waals surface area (Å²) in [6, 6.07) is 6.06. The minimum atomic E-state index is -0.346. The topological polar surface area (TPSA) is 73.6 Å². The zero-order valence-corrected chi connectivity index (χ0v) is 14.8. The van der Waals surface area contributed by atoms with Crippen LogP contribution in [0, 0.1) is 0 Å². The van der Waals surface area contributed by atoms with Crippen LogP contribution in [0.4, 0.5) is 5.69 Å². The highest BCUT2D eigenvalue weighted by Gasteiger charge is 2.24. The van der Waals surface area contributed by atoms with E-state index in [4.69, 9.17) is 15.2 Å². The number of benzene rings is 1. The molecule has 0 radical (unpaired) electrons. The summed E-state index contributed by atoms with van der Waals surface area (Å²) in [5, 5.41) is 2.93. The van der Waals surface area contributed by atoms with Crippen LogP contribution in [0.5, 0.6) is 5.75 Å². The standard InChI is InChI=1S/C19H30N2O3/c1-3-5-7-15(20)12-14-9-10-16(18(13-14)23-4-2)21-19(22)17-8-6-11-24-17/h9-10,13,15,17H,3-8,11-12,20H2,1-2H3,(H,21,22). The third kappa shape index (κ3) is 5.49. The van der Waals surface area contributed by atoms with Crippen molar-refractivity contribution in [2.45, 2.75) is 64.5 Å². The summed E-state index contributed by atoms with van der Waals surface area (Å²) in [5.74, 6) is 0.602. The maximum Gasteiger partial charge on any atom is 0.253 e.